The fourth-order valence-corrected chi connectivity index (χ4v) is 2.48. The van der Waals surface area contributed by atoms with Gasteiger partial charge in [0.25, 0.3) is 5.91 Å². The largest absolute Gasteiger partial charge is 0.318 e. The van der Waals surface area contributed by atoms with Crippen LogP contribution >= 0.6 is 0 Å². The van der Waals surface area contributed by atoms with Crippen LogP contribution in [0.2, 0.25) is 0 Å². The second-order valence-corrected chi connectivity index (χ2v) is 5.69. The summed E-state index contributed by atoms with van der Waals surface area (Å²) in [5.74, 6) is -1.02. The summed E-state index contributed by atoms with van der Waals surface area (Å²) in [6.07, 6.45) is 1.66. The molecule has 2 heterocycles. The lowest BCUT2D eigenvalue weighted by Crippen LogP contribution is -2.69. The van der Waals surface area contributed by atoms with E-state index in [1.807, 2.05) is 6.92 Å². The first-order chi connectivity index (χ1) is 8.27. The van der Waals surface area contributed by atoms with Crippen LogP contribution in [0.15, 0.2) is 0 Å². The van der Waals surface area contributed by atoms with Gasteiger partial charge in [0.2, 0.25) is 11.8 Å². The Balaban J connectivity index is 2.27. The van der Waals surface area contributed by atoms with E-state index in [0.29, 0.717) is 0 Å². The molecule has 0 aromatic rings. The van der Waals surface area contributed by atoms with Gasteiger partial charge in [-0.1, -0.05) is 0 Å². The fourth-order valence-electron chi connectivity index (χ4n) is 2.48. The number of nitrogens with one attached hydrogen (secondary N) is 2. The summed E-state index contributed by atoms with van der Waals surface area (Å²) >= 11 is 0. The number of imide groups is 1. The summed E-state index contributed by atoms with van der Waals surface area (Å²) in [6, 6.07) is 0. The average Bonchev–Trinajstić information content (AvgIpc) is 2.71. The number of hydrogen-bond acceptors (Lipinski definition) is 4. The molecule has 18 heavy (non-hydrogen) atoms. The van der Waals surface area contributed by atoms with Gasteiger partial charge >= 0.3 is 0 Å². The highest BCUT2D eigenvalue weighted by atomic mass is 16.2. The van der Waals surface area contributed by atoms with E-state index >= 15 is 0 Å². The van der Waals surface area contributed by atoms with Crippen molar-refractivity contribution in [3.8, 4) is 0 Å². The van der Waals surface area contributed by atoms with Gasteiger partial charge in [0.05, 0.1) is 5.54 Å². The second-order valence-electron chi connectivity index (χ2n) is 5.69. The smallest absolute Gasteiger partial charge is 0.252 e. The molecule has 2 aliphatic heterocycles. The molecule has 2 N–H and O–H groups in total. The maximum Gasteiger partial charge on any atom is 0.252 e. The molecule has 1 atom stereocenters. The lowest BCUT2D eigenvalue weighted by molar-refractivity contribution is -0.158. The predicted molar refractivity (Wildman–Crippen MR) is 64.6 cm³/mol. The molecule has 6 heteroatoms. The van der Waals surface area contributed by atoms with Gasteiger partial charge in [0, 0.05) is 0 Å². The molecule has 0 aromatic heterocycles. The Bertz CT molecular complexity index is 411. The third-order valence-electron chi connectivity index (χ3n) is 3.87. The number of piperazine rings is 1. The van der Waals surface area contributed by atoms with Crippen LogP contribution in [0.5, 0.6) is 0 Å². The van der Waals surface area contributed by atoms with Crippen molar-refractivity contribution < 1.29 is 14.4 Å². The molecule has 2 rings (SSSR count). The number of carbonyl (C=O) groups is 3. The Labute approximate surface area is 106 Å². The summed E-state index contributed by atoms with van der Waals surface area (Å²) < 4.78 is 0. The van der Waals surface area contributed by atoms with Crippen LogP contribution in [0, 0.1) is 0 Å². The van der Waals surface area contributed by atoms with Gasteiger partial charge in [-0.15, -0.1) is 0 Å². The number of amides is 3. The van der Waals surface area contributed by atoms with Crippen LogP contribution in [0.25, 0.3) is 0 Å². The summed E-state index contributed by atoms with van der Waals surface area (Å²) in [4.78, 5) is 37.2. The molecule has 0 spiro atoms. The minimum absolute atomic E-state index is 0.0607. The van der Waals surface area contributed by atoms with E-state index < -0.39 is 22.9 Å². The molecule has 0 aliphatic carbocycles. The standard InChI is InChI=1S/C12H19N3O3/c1-11(2)9(17)14-8(16)7-15(11)10(18)12(3)5-4-6-13-12/h13H,4-7H2,1-3H3,(H,14,16,17). The fraction of sp³-hybridized carbons (Fsp3) is 0.750. The lowest BCUT2D eigenvalue weighted by atomic mass is 9.92. The molecule has 2 fully saturated rings. The average molecular weight is 253 g/mol. The van der Waals surface area contributed by atoms with Gasteiger partial charge in [-0.05, 0) is 40.2 Å². The van der Waals surface area contributed by atoms with Gasteiger partial charge < -0.3 is 10.2 Å². The second kappa shape index (κ2) is 4.05. The monoisotopic (exact) mass is 253 g/mol. The number of carbonyl (C=O) groups excluding carboxylic acids is 3. The Morgan fingerprint density at radius 3 is 2.50 bits per heavy atom. The van der Waals surface area contributed by atoms with E-state index in [9.17, 15) is 14.4 Å². The molecule has 100 valence electrons. The summed E-state index contributed by atoms with van der Waals surface area (Å²) in [7, 11) is 0. The van der Waals surface area contributed by atoms with Crippen LogP contribution in [0.4, 0.5) is 0 Å². The number of rotatable bonds is 1. The third-order valence-corrected chi connectivity index (χ3v) is 3.87. The van der Waals surface area contributed by atoms with E-state index in [-0.39, 0.29) is 12.5 Å². The van der Waals surface area contributed by atoms with Crippen molar-refractivity contribution in [1.29, 1.82) is 0 Å². The summed E-state index contributed by atoms with van der Waals surface area (Å²) in [6.45, 7) is 5.87. The van der Waals surface area contributed by atoms with E-state index in [4.69, 9.17) is 0 Å². The van der Waals surface area contributed by atoms with Crippen molar-refractivity contribution in [2.24, 2.45) is 0 Å². The van der Waals surface area contributed by atoms with Gasteiger partial charge in [0.1, 0.15) is 12.1 Å². The van der Waals surface area contributed by atoms with Crippen molar-refractivity contribution >= 4 is 17.7 Å². The minimum atomic E-state index is -0.988. The zero-order chi connectivity index (χ0) is 13.6. The maximum absolute atomic E-state index is 12.6. The first kappa shape index (κ1) is 13.0. The highest BCUT2D eigenvalue weighted by Gasteiger charge is 2.49. The molecule has 0 bridgehead atoms. The first-order valence-corrected chi connectivity index (χ1v) is 6.19. The molecule has 2 saturated heterocycles. The molecule has 1 unspecified atom stereocenters. The van der Waals surface area contributed by atoms with Crippen molar-refractivity contribution in [3.63, 3.8) is 0 Å². The third kappa shape index (κ3) is 1.90. The predicted octanol–water partition coefficient (Wildman–Crippen LogP) is -0.608. The van der Waals surface area contributed by atoms with Crippen LogP contribution in [0.1, 0.15) is 33.6 Å². The first-order valence-electron chi connectivity index (χ1n) is 6.19. The highest BCUT2D eigenvalue weighted by molar-refractivity contribution is 6.07. The van der Waals surface area contributed by atoms with E-state index in [0.717, 1.165) is 19.4 Å². The van der Waals surface area contributed by atoms with Gasteiger partial charge in [-0.25, -0.2) is 0 Å². The zero-order valence-corrected chi connectivity index (χ0v) is 11.0. The van der Waals surface area contributed by atoms with Crippen molar-refractivity contribution in [1.82, 2.24) is 15.5 Å². The molecule has 0 aromatic carbocycles. The van der Waals surface area contributed by atoms with Crippen molar-refractivity contribution in [3.05, 3.63) is 0 Å². The topological polar surface area (TPSA) is 78.5 Å². The molecule has 6 nitrogen and oxygen atoms in total. The van der Waals surface area contributed by atoms with Crippen LogP contribution in [-0.4, -0.2) is 46.8 Å². The minimum Gasteiger partial charge on any atom is -0.318 e. The van der Waals surface area contributed by atoms with Gasteiger partial charge in [-0.3, -0.25) is 19.7 Å². The zero-order valence-electron chi connectivity index (χ0n) is 11.0. The quantitative estimate of drug-likeness (QED) is 0.611. The molecular weight excluding hydrogens is 234 g/mol. The molecule has 0 radical (unpaired) electrons. The van der Waals surface area contributed by atoms with E-state index in [1.54, 1.807) is 13.8 Å². The Kier molecular flexibility index (Phi) is 2.93. The van der Waals surface area contributed by atoms with Crippen LogP contribution in [-0.2, 0) is 14.4 Å². The Morgan fingerprint density at radius 1 is 1.28 bits per heavy atom. The van der Waals surface area contributed by atoms with E-state index in [1.165, 1.54) is 4.90 Å². The van der Waals surface area contributed by atoms with Crippen molar-refractivity contribution in [2.45, 2.75) is 44.7 Å². The van der Waals surface area contributed by atoms with Crippen molar-refractivity contribution in [2.75, 3.05) is 13.1 Å². The lowest BCUT2D eigenvalue weighted by Gasteiger charge is -2.43. The number of hydrogen-bond donors (Lipinski definition) is 2. The normalized spacial score (nSPS) is 31.4. The maximum atomic E-state index is 12.6. The summed E-state index contributed by atoms with van der Waals surface area (Å²) in [5.41, 5.74) is -1.65. The SMILES string of the molecule is CC1(C(=O)N2CC(=O)NC(=O)C2(C)C)CCCN1. The Hall–Kier alpha value is -1.43. The molecule has 2 aliphatic rings. The van der Waals surface area contributed by atoms with E-state index in [2.05, 4.69) is 10.6 Å². The molecule has 0 saturated carbocycles. The summed E-state index contributed by atoms with van der Waals surface area (Å²) in [5, 5.41) is 5.43. The van der Waals surface area contributed by atoms with Gasteiger partial charge in [-0.2, -0.15) is 0 Å². The van der Waals surface area contributed by atoms with Crippen LogP contribution < -0.4 is 10.6 Å². The molecule has 3 amide bonds. The number of nitrogens with zero attached hydrogens (tertiary/aromatic N) is 1. The van der Waals surface area contributed by atoms with Crippen LogP contribution in [0.3, 0.4) is 0 Å². The Morgan fingerprint density at radius 2 is 1.94 bits per heavy atom. The molecular formula is C12H19N3O3. The highest BCUT2D eigenvalue weighted by Crippen LogP contribution is 2.27. The van der Waals surface area contributed by atoms with Gasteiger partial charge in [0.15, 0.2) is 0 Å².